The summed E-state index contributed by atoms with van der Waals surface area (Å²) < 4.78 is 5.08. The van der Waals surface area contributed by atoms with Crippen molar-refractivity contribution in [1.29, 1.82) is 0 Å². The Bertz CT molecular complexity index is 397. The van der Waals surface area contributed by atoms with Gasteiger partial charge in [0.25, 0.3) is 5.91 Å². The lowest BCUT2D eigenvalue weighted by Crippen LogP contribution is -2.33. The summed E-state index contributed by atoms with van der Waals surface area (Å²) in [4.78, 5) is 15.4. The minimum absolute atomic E-state index is 0.0471. The lowest BCUT2D eigenvalue weighted by molar-refractivity contribution is 0.0929. The van der Waals surface area contributed by atoms with E-state index in [4.69, 9.17) is 15.4 Å². The second-order valence-electron chi connectivity index (χ2n) is 2.92. The molecule has 1 heterocycles. The molecule has 0 aliphatic heterocycles. The standard InChI is InChI=1S/C8H12N4O3/c1-4-7(15-5(2)11-4)8(13)10-3-6(9)12-14/h14H,3H2,1-2H3,(H2,9,12)(H,10,13). The van der Waals surface area contributed by atoms with E-state index < -0.39 is 5.91 Å². The molecule has 0 saturated carbocycles. The van der Waals surface area contributed by atoms with Gasteiger partial charge in [0, 0.05) is 6.92 Å². The van der Waals surface area contributed by atoms with E-state index in [9.17, 15) is 4.79 Å². The number of hydrogen-bond acceptors (Lipinski definition) is 5. The SMILES string of the molecule is Cc1nc(C)c(C(=O)NCC(N)=NO)o1. The third-order valence-electron chi connectivity index (χ3n) is 1.67. The molecule has 15 heavy (non-hydrogen) atoms. The van der Waals surface area contributed by atoms with E-state index in [2.05, 4.69) is 15.5 Å². The van der Waals surface area contributed by atoms with Gasteiger partial charge in [0.1, 0.15) is 0 Å². The van der Waals surface area contributed by atoms with Crippen LogP contribution < -0.4 is 11.1 Å². The van der Waals surface area contributed by atoms with Crippen LogP contribution in [0, 0.1) is 13.8 Å². The van der Waals surface area contributed by atoms with Crippen molar-refractivity contribution in [1.82, 2.24) is 10.3 Å². The molecule has 0 saturated heterocycles. The molecule has 0 aliphatic rings. The Balaban J connectivity index is 2.66. The highest BCUT2D eigenvalue weighted by Gasteiger charge is 2.15. The molecular formula is C8H12N4O3. The van der Waals surface area contributed by atoms with Gasteiger partial charge >= 0.3 is 0 Å². The molecule has 0 unspecified atom stereocenters. The molecule has 1 rings (SSSR count). The summed E-state index contributed by atoms with van der Waals surface area (Å²) >= 11 is 0. The zero-order valence-electron chi connectivity index (χ0n) is 8.44. The van der Waals surface area contributed by atoms with E-state index in [0.717, 1.165) is 0 Å². The van der Waals surface area contributed by atoms with Crippen LogP contribution in [-0.4, -0.2) is 28.5 Å². The summed E-state index contributed by atoms with van der Waals surface area (Å²) in [6, 6.07) is 0. The fourth-order valence-corrected chi connectivity index (χ4v) is 1.03. The molecule has 0 fully saturated rings. The second kappa shape index (κ2) is 4.45. The minimum Gasteiger partial charge on any atom is -0.436 e. The van der Waals surface area contributed by atoms with Gasteiger partial charge in [0.2, 0.25) is 5.76 Å². The van der Waals surface area contributed by atoms with Crippen molar-refractivity contribution in [2.24, 2.45) is 10.9 Å². The Kier molecular flexibility index (Phi) is 3.27. The maximum atomic E-state index is 11.5. The zero-order valence-corrected chi connectivity index (χ0v) is 8.44. The number of carbonyl (C=O) groups excluding carboxylic acids is 1. The van der Waals surface area contributed by atoms with E-state index in [1.807, 2.05) is 0 Å². The van der Waals surface area contributed by atoms with E-state index >= 15 is 0 Å². The molecular weight excluding hydrogens is 200 g/mol. The van der Waals surface area contributed by atoms with Crippen molar-refractivity contribution >= 4 is 11.7 Å². The number of nitrogens with two attached hydrogens (primary N) is 1. The summed E-state index contributed by atoms with van der Waals surface area (Å²) in [7, 11) is 0. The summed E-state index contributed by atoms with van der Waals surface area (Å²) in [5.74, 6) is 0.0247. The largest absolute Gasteiger partial charge is 0.436 e. The lowest BCUT2D eigenvalue weighted by atomic mass is 10.3. The van der Waals surface area contributed by atoms with Gasteiger partial charge in [-0.2, -0.15) is 0 Å². The Morgan fingerprint density at radius 3 is 2.80 bits per heavy atom. The van der Waals surface area contributed by atoms with Crippen LogP contribution in [0.25, 0.3) is 0 Å². The molecule has 4 N–H and O–H groups in total. The fourth-order valence-electron chi connectivity index (χ4n) is 1.03. The quantitative estimate of drug-likeness (QED) is 0.277. The summed E-state index contributed by atoms with van der Waals surface area (Å²) in [6.45, 7) is 3.26. The number of oxazole rings is 1. The molecule has 0 aromatic carbocycles. The first kappa shape index (κ1) is 11.0. The third-order valence-corrected chi connectivity index (χ3v) is 1.67. The number of carbonyl (C=O) groups is 1. The first-order valence-electron chi connectivity index (χ1n) is 4.23. The monoisotopic (exact) mass is 212 g/mol. The normalized spacial score (nSPS) is 11.5. The van der Waals surface area contributed by atoms with Crippen molar-refractivity contribution in [2.45, 2.75) is 13.8 Å². The number of nitrogens with zero attached hydrogens (tertiary/aromatic N) is 2. The highest BCUT2D eigenvalue weighted by Crippen LogP contribution is 2.08. The smallest absolute Gasteiger partial charge is 0.289 e. The van der Waals surface area contributed by atoms with Crippen LogP contribution in [0.3, 0.4) is 0 Å². The van der Waals surface area contributed by atoms with E-state index in [1.165, 1.54) is 0 Å². The number of aromatic nitrogens is 1. The number of amides is 1. The van der Waals surface area contributed by atoms with Crippen LogP contribution in [0.5, 0.6) is 0 Å². The molecule has 1 aromatic heterocycles. The number of rotatable bonds is 3. The average molecular weight is 212 g/mol. The number of nitrogens with one attached hydrogen (secondary N) is 1. The predicted molar refractivity (Wildman–Crippen MR) is 51.7 cm³/mol. The van der Waals surface area contributed by atoms with Crippen LogP contribution in [-0.2, 0) is 0 Å². The van der Waals surface area contributed by atoms with Crippen LogP contribution in [0.1, 0.15) is 22.1 Å². The molecule has 0 atom stereocenters. The van der Waals surface area contributed by atoms with Crippen LogP contribution in [0.15, 0.2) is 9.57 Å². The van der Waals surface area contributed by atoms with Crippen LogP contribution in [0.2, 0.25) is 0 Å². The zero-order chi connectivity index (χ0) is 11.4. The van der Waals surface area contributed by atoms with Crippen LogP contribution in [0.4, 0.5) is 0 Å². The molecule has 0 radical (unpaired) electrons. The summed E-state index contributed by atoms with van der Waals surface area (Å²) in [6.07, 6.45) is 0. The molecule has 7 heteroatoms. The molecule has 1 amide bonds. The van der Waals surface area contributed by atoms with Gasteiger partial charge in [0.05, 0.1) is 12.2 Å². The molecule has 82 valence electrons. The first-order chi connectivity index (χ1) is 7.04. The second-order valence-corrected chi connectivity index (χ2v) is 2.92. The molecule has 7 nitrogen and oxygen atoms in total. The minimum atomic E-state index is -0.445. The highest BCUT2D eigenvalue weighted by molar-refractivity contribution is 5.95. The maximum absolute atomic E-state index is 11.5. The van der Waals surface area contributed by atoms with Crippen molar-refractivity contribution in [3.63, 3.8) is 0 Å². The number of hydrogen-bond donors (Lipinski definition) is 3. The summed E-state index contributed by atoms with van der Waals surface area (Å²) in [5.41, 5.74) is 5.69. The van der Waals surface area contributed by atoms with E-state index in [0.29, 0.717) is 11.6 Å². The number of aryl methyl sites for hydroxylation is 2. The average Bonchev–Trinajstić information content (AvgIpc) is 2.53. The van der Waals surface area contributed by atoms with Gasteiger partial charge < -0.3 is 20.7 Å². The Morgan fingerprint density at radius 1 is 1.67 bits per heavy atom. The summed E-state index contributed by atoms with van der Waals surface area (Å²) in [5, 5.41) is 13.4. The molecule has 0 aliphatic carbocycles. The van der Waals surface area contributed by atoms with Crippen molar-refractivity contribution in [2.75, 3.05) is 6.54 Å². The number of amidine groups is 1. The van der Waals surface area contributed by atoms with E-state index in [1.54, 1.807) is 13.8 Å². The fraction of sp³-hybridized carbons (Fsp3) is 0.375. The third kappa shape index (κ3) is 2.70. The maximum Gasteiger partial charge on any atom is 0.289 e. The lowest BCUT2D eigenvalue weighted by Gasteiger charge is -2.00. The van der Waals surface area contributed by atoms with Gasteiger partial charge in [-0.1, -0.05) is 5.16 Å². The van der Waals surface area contributed by atoms with Crippen molar-refractivity contribution in [3.05, 3.63) is 17.3 Å². The Labute approximate surface area is 86.0 Å². The molecule has 0 bridgehead atoms. The van der Waals surface area contributed by atoms with Gasteiger partial charge in [0.15, 0.2) is 11.7 Å². The Hall–Kier alpha value is -2.05. The molecule has 0 spiro atoms. The predicted octanol–water partition coefficient (Wildman–Crippen LogP) is -0.232. The molecule has 1 aromatic rings. The van der Waals surface area contributed by atoms with E-state index in [-0.39, 0.29) is 18.1 Å². The van der Waals surface area contributed by atoms with Crippen LogP contribution >= 0.6 is 0 Å². The van der Waals surface area contributed by atoms with Gasteiger partial charge in [-0.25, -0.2) is 4.98 Å². The van der Waals surface area contributed by atoms with Gasteiger partial charge in [-0.3, -0.25) is 4.79 Å². The van der Waals surface area contributed by atoms with Gasteiger partial charge in [-0.05, 0) is 6.92 Å². The highest BCUT2D eigenvalue weighted by atomic mass is 16.4. The van der Waals surface area contributed by atoms with Gasteiger partial charge in [-0.15, -0.1) is 0 Å². The van der Waals surface area contributed by atoms with Crippen molar-refractivity contribution in [3.8, 4) is 0 Å². The Morgan fingerprint density at radius 2 is 2.33 bits per heavy atom. The van der Waals surface area contributed by atoms with Crippen molar-refractivity contribution < 1.29 is 14.4 Å². The first-order valence-corrected chi connectivity index (χ1v) is 4.23. The number of oxime groups is 1. The topological polar surface area (TPSA) is 114 Å².